The molecule has 0 radical (unpaired) electrons. The SMILES string of the molecule is Cc1ccc(C)c(CN(CCN(C)C)CC(=O)O)c1. The Morgan fingerprint density at radius 3 is 2.47 bits per heavy atom. The van der Waals surface area contributed by atoms with E-state index in [1.807, 2.05) is 19.0 Å². The maximum absolute atomic E-state index is 10.9. The van der Waals surface area contributed by atoms with Crippen LogP contribution in [0.4, 0.5) is 0 Å². The Morgan fingerprint density at radius 1 is 1.21 bits per heavy atom. The number of benzene rings is 1. The van der Waals surface area contributed by atoms with Crippen LogP contribution in [0.3, 0.4) is 0 Å². The van der Waals surface area contributed by atoms with Gasteiger partial charge < -0.3 is 10.0 Å². The third-order valence-electron chi connectivity index (χ3n) is 3.12. The highest BCUT2D eigenvalue weighted by molar-refractivity contribution is 5.69. The van der Waals surface area contributed by atoms with Crippen molar-refractivity contribution >= 4 is 5.97 Å². The molecule has 4 nitrogen and oxygen atoms in total. The molecule has 0 atom stereocenters. The molecule has 0 aliphatic rings. The summed E-state index contributed by atoms with van der Waals surface area (Å²) in [6, 6.07) is 6.32. The molecular formula is C15H24N2O2. The summed E-state index contributed by atoms with van der Waals surface area (Å²) in [5, 5.41) is 9.00. The van der Waals surface area contributed by atoms with E-state index in [1.54, 1.807) is 0 Å². The topological polar surface area (TPSA) is 43.8 Å². The smallest absolute Gasteiger partial charge is 0.317 e. The van der Waals surface area contributed by atoms with Crippen molar-refractivity contribution in [2.24, 2.45) is 0 Å². The number of likely N-dealkylation sites (N-methyl/N-ethyl adjacent to an activating group) is 1. The van der Waals surface area contributed by atoms with Crippen LogP contribution in [0.25, 0.3) is 0 Å². The number of carboxylic acid groups (broad SMARTS) is 1. The molecule has 0 unspecified atom stereocenters. The number of carbonyl (C=O) groups is 1. The molecule has 0 fully saturated rings. The molecule has 1 rings (SSSR count). The summed E-state index contributed by atoms with van der Waals surface area (Å²) in [5.74, 6) is -0.774. The van der Waals surface area contributed by atoms with Gasteiger partial charge in [-0.15, -0.1) is 0 Å². The molecule has 0 saturated heterocycles. The van der Waals surface area contributed by atoms with Crippen LogP contribution in [0, 0.1) is 13.8 Å². The van der Waals surface area contributed by atoms with Gasteiger partial charge in [0.25, 0.3) is 0 Å². The van der Waals surface area contributed by atoms with Crippen molar-refractivity contribution in [1.29, 1.82) is 0 Å². The Labute approximate surface area is 115 Å². The molecule has 1 aromatic rings. The zero-order chi connectivity index (χ0) is 14.4. The predicted molar refractivity (Wildman–Crippen MR) is 77.4 cm³/mol. The van der Waals surface area contributed by atoms with Gasteiger partial charge in [0, 0.05) is 19.6 Å². The molecule has 1 N–H and O–H groups in total. The second-order valence-electron chi connectivity index (χ2n) is 5.34. The summed E-state index contributed by atoms with van der Waals surface area (Å²) in [6.45, 7) is 6.52. The molecule has 0 spiro atoms. The van der Waals surface area contributed by atoms with Crippen LogP contribution in [-0.4, -0.2) is 54.6 Å². The van der Waals surface area contributed by atoms with Crippen LogP contribution in [0.5, 0.6) is 0 Å². The van der Waals surface area contributed by atoms with Gasteiger partial charge in [-0.2, -0.15) is 0 Å². The molecule has 106 valence electrons. The van der Waals surface area contributed by atoms with Gasteiger partial charge in [0.1, 0.15) is 0 Å². The van der Waals surface area contributed by atoms with E-state index in [1.165, 1.54) is 16.7 Å². The normalized spacial score (nSPS) is 11.3. The lowest BCUT2D eigenvalue weighted by molar-refractivity contribution is -0.138. The van der Waals surface area contributed by atoms with Gasteiger partial charge in [0.15, 0.2) is 0 Å². The van der Waals surface area contributed by atoms with E-state index in [0.29, 0.717) is 6.54 Å². The lowest BCUT2D eigenvalue weighted by atomic mass is 10.1. The summed E-state index contributed by atoms with van der Waals surface area (Å²) in [7, 11) is 3.99. The maximum atomic E-state index is 10.9. The Kier molecular flexibility index (Phi) is 5.99. The fraction of sp³-hybridized carbons (Fsp3) is 0.533. The van der Waals surface area contributed by atoms with E-state index in [0.717, 1.165) is 13.1 Å². The van der Waals surface area contributed by atoms with Crippen LogP contribution < -0.4 is 0 Å². The second-order valence-corrected chi connectivity index (χ2v) is 5.34. The van der Waals surface area contributed by atoms with Gasteiger partial charge in [-0.1, -0.05) is 23.8 Å². The predicted octanol–water partition coefficient (Wildman–Crippen LogP) is 1.75. The lowest BCUT2D eigenvalue weighted by Gasteiger charge is -2.23. The Bertz CT molecular complexity index is 430. The summed E-state index contributed by atoms with van der Waals surface area (Å²) >= 11 is 0. The average molecular weight is 264 g/mol. The first-order chi connectivity index (χ1) is 8.88. The second kappa shape index (κ2) is 7.26. The molecule has 0 aromatic heterocycles. The van der Waals surface area contributed by atoms with Gasteiger partial charge in [-0.05, 0) is 39.1 Å². The molecule has 4 heteroatoms. The van der Waals surface area contributed by atoms with Crippen molar-refractivity contribution in [3.8, 4) is 0 Å². The van der Waals surface area contributed by atoms with Gasteiger partial charge in [-0.3, -0.25) is 9.69 Å². The molecule has 0 aliphatic heterocycles. The monoisotopic (exact) mass is 264 g/mol. The number of hydrogen-bond acceptors (Lipinski definition) is 3. The Hall–Kier alpha value is -1.39. The first-order valence-corrected chi connectivity index (χ1v) is 6.53. The van der Waals surface area contributed by atoms with E-state index in [2.05, 4.69) is 36.9 Å². The highest BCUT2D eigenvalue weighted by Gasteiger charge is 2.12. The standard InChI is InChI=1S/C15H24N2O2/c1-12-5-6-13(2)14(9-12)10-17(11-15(18)19)8-7-16(3)4/h5-6,9H,7-8,10-11H2,1-4H3,(H,18,19). The van der Waals surface area contributed by atoms with E-state index in [9.17, 15) is 4.79 Å². The van der Waals surface area contributed by atoms with Crippen molar-refractivity contribution in [2.75, 3.05) is 33.7 Å². The van der Waals surface area contributed by atoms with Gasteiger partial charge >= 0.3 is 5.97 Å². The summed E-state index contributed by atoms with van der Waals surface area (Å²) in [4.78, 5) is 15.0. The largest absolute Gasteiger partial charge is 0.480 e. The van der Waals surface area contributed by atoms with Crippen molar-refractivity contribution in [3.63, 3.8) is 0 Å². The fourth-order valence-electron chi connectivity index (χ4n) is 1.96. The zero-order valence-corrected chi connectivity index (χ0v) is 12.3. The summed E-state index contributed by atoms with van der Waals surface area (Å²) < 4.78 is 0. The molecule has 1 aromatic carbocycles. The minimum Gasteiger partial charge on any atom is -0.480 e. The molecule has 0 bridgehead atoms. The molecule has 0 heterocycles. The van der Waals surface area contributed by atoms with Crippen molar-refractivity contribution in [2.45, 2.75) is 20.4 Å². The average Bonchev–Trinajstić information content (AvgIpc) is 2.30. The van der Waals surface area contributed by atoms with Crippen LogP contribution in [-0.2, 0) is 11.3 Å². The number of aliphatic carboxylic acids is 1. The lowest BCUT2D eigenvalue weighted by Crippen LogP contribution is -2.35. The number of hydrogen-bond donors (Lipinski definition) is 1. The highest BCUT2D eigenvalue weighted by atomic mass is 16.4. The number of aryl methyl sites for hydroxylation is 2. The van der Waals surface area contributed by atoms with Crippen molar-refractivity contribution in [1.82, 2.24) is 9.80 Å². The number of carboxylic acids is 1. The van der Waals surface area contributed by atoms with Crippen LogP contribution in [0.2, 0.25) is 0 Å². The first kappa shape index (κ1) is 15.7. The quantitative estimate of drug-likeness (QED) is 0.815. The summed E-state index contributed by atoms with van der Waals surface area (Å²) in [5.41, 5.74) is 3.63. The highest BCUT2D eigenvalue weighted by Crippen LogP contribution is 2.13. The minimum atomic E-state index is -0.774. The zero-order valence-electron chi connectivity index (χ0n) is 12.3. The number of nitrogens with zero attached hydrogens (tertiary/aromatic N) is 2. The minimum absolute atomic E-state index is 0.0845. The van der Waals surface area contributed by atoms with Crippen molar-refractivity contribution < 1.29 is 9.90 Å². The molecule has 19 heavy (non-hydrogen) atoms. The molecular weight excluding hydrogens is 240 g/mol. The summed E-state index contributed by atoms with van der Waals surface area (Å²) in [6.07, 6.45) is 0. The van der Waals surface area contributed by atoms with Crippen LogP contribution >= 0.6 is 0 Å². The Morgan fingerprint density at radius 2 is 1.89 bits per heavy atom. The van der Waals surface area contributed by atoms with Crippen LogP contribution in [0.1, 0.15) is 16.7 Å². The van der Waals surface area contributed by atoms with E-state index >= 15 is 0 Å². The first-order valence-electron chi connectivity index (χ1n) is 6.53. The third-order valence-corrected chi connectivity index (χ3v) is 3.12. The van der Waals surface area contributed by atoms with Gasteiger partial charge in [0.05, 0.1) is 6.54 Å². The van der Waals surface area contributed by atoms with Gasteiger partial charge in [0.2, 0.25) is 0 Å². The number of rotatable bonds is 7. The molecule has 0 saturated carbocycles. The van der Waals surface area contributed by atoms with E-state index in [4.69, 9.17) is 5.11 Å². The maximum Gasteiger partial charge on any atom is 0.317 e. The van der Waals surface area contributed by atoms with E-state index < -0.39 is 5.97 Å². The third kappa shape index (κ3) is 5.85. The molecule has 0 amide bonds. The van der Waals surface area contributed by atoms with Gasteiger partial charge in [-0.25, -0.2) is 0 Å². The van der Waals surface area contributed by atoms with Crippen LogP contribution in [0.15, 0.2) is 18.2 Å². The fourth-order valence-corrected chi connectivity index (χ4v) is 1.96. The Balaban J connectivity index is 2.74. The molecule has 0 aliphatic carbocycles. The van der Waals surface area contributed by atoms with E-state index in [-0.39, 0.29) is 6.54 Å². The van der Waals surface area contributed by atoms with Crippen molar-refractivity contribution in [3.05, 3.63) is 34.9 Å².